The molecule has 0 saturated carbocycles. The van der Waals surface area contributed by atoms with E-state index in [4.69, 9.17) is 10.8 Å². The molecule has 0 spiro atoms. The Labute approximate surface area is 102 Å². The van der Waals surface area contributed by atoms with Crippen molar-refractivity contribution in [2.75, 3.05) is 25.4 Å². The van der Waals surface area contributed by atoms with Crippen molar-refractivity contribution in [2.24, 2.45) is 0 Å². The molecule has 0 aliphatic carbocycles. The van der Waals surface area contributed by atoms with Crippen molar-refractivity contribution < 1.29 is 22.7 Å². The number of halogens is 4. The molecule has 0 aromatic heterocycles. The summed E-state index contributed by atoms with van der Waals surface area (Å²) in [5, 5.41) is 8.70. The van der Waals surface area contributed by atoms with Gasteiger partial charge in [-0.15, -0.1) is 0 Å². The zero-order valence-corrected chi connectivity index (χ0v) is 9.54. The Kier molecular flexibility index (Phi) is 4.92. The lowest BCUT2D eigenvalue weighted by molar-refractivity contribution is -0.148. The molecular formula is C11H14F4N2O. The number of anilines is 1. The summed E-state index contributed by atoms with van der Waals surface area (Å²) < 4.78 is 50.2. The van der Waals surface area contributed by atoms with Crippen LogP contribution >= 0.6 is 0 Å². The van der Waals surface area contributed by atoms with Crippen LogP contribution in [-0.2, 0) is 6.54 Å². The molecule has 0 aliphatic rings. The van der Waals surface area contributed by atoms with E-state index in [-0.39, 0.29) is 24.3 Å². The molecular weight excluding hydrogens is 252 g/mol. The number of alkyl halides is 3. The lowest BCUT2D eigenvalue weighted by Crippen LogP contribution is -2.36. The fraction of sp³-hybridized carbons (Fsp3) is 0.455. The van der Waals surface area contributed by atoms with Crippen molar-refractivity contribution in [3.8, 4) is 0 Å². The van der Waals surface area contributed by atoms with E-state index in [0.717, 1.165) is 11.0 Å². The molecule has 0 atom stereocenters. The van der Waals surface area contributed by atoms with Gasteiger partial charge in [0.25, 0.3) is 0 Å². The highest BCUT2D eigenvalue weighted by atomic mass is 19.4. The van der Waals surface area contributed by atoms with Crippen LogP contribution in [0.3, 0.4) is 0 Å². The summed E-state index contributed by atoms with van der Waals surface area (Å²) in [6, 6.07) is 3.81. The van der Waals surface area contributed by atoms with Gasteiger partial charge in [0, 0.05) is 24.3 Å². The van der Waals surface area contributed by atoms with Crippen LogP contribution in [0.1, 0.15) is 5.56 Å². The predicted octanol–water partition coefficient (Wildman–Crippen LogP) is 1.76. The minimum Gasteiger partial charge on any atom is -0.399 e. The molecule has 0 aliphatic heterocycles. The number of hydrogen-bond acceptors (Lipinski definition) is 3. The van der Waals surface area contributed by atoms with Gasteiger partial charge >= 0.3 is 6.18 Å². The summed E-state index contributed by atoms with van der Waals surface area (Å²) in [4.78, 5) is 0.925. The molecule has 0 amide bonds. The topological polar surface area (TPSA) is 49.5 Å². The Hall–Kier alpha value is -1.34. The smallest absolute Gasteiger partial charge is 0.399 e. The van der Waals surface area contributed by atoms with E-state index in [1.165, 1.54) is 12.1 Å². The van der Waals surface area contributed by atoms with E-state index >= 15 is 0 Å². The predicted molar refractivity (Wildman–Crippen MR) is 59.2 cm³/mol. The van der Waals surface area contributed by atoms with Gasteiger partial charge in [-0.3, -0.25) is 4.90 Å². The maximum atomic E-state index is 13.4. The Morgan fingerprint density at radius 3 is 2.44 bits per heavy atom. The van der Waals surface area contributed by atoms with E-state index in [1.54, 1.807) is 0 Å². The minimum atomic E-state index is -4.39. The third-order valence-corrected chi connectivity index (χ3v) is 2.29. The molecule has 102 valence electrons. The van der Waals surface area contributed by atoms with Gasteiger partial charge in [0.05, 0.1) is 13.2 Å². The molecule has 3 nitrogen and oxygen atoms in total. The molecule has 1 aromatic rings. The molecule has 0 fully saturated rings. The van der Waals surface area contributed by atoms with E-state index in [9.17, 15) is 17.6 Å². The maximum Gasteiger partial charge on any atom is 0.401 e. The third kappa shape index (κ3) is 4.89. The highest BCUT2D eigenvalue weighted by molar-refractivity contribution is 5.40. The van der Waals surface area contributed by atoms with Crippen molar-refractivity contribution in [3.05, 3.63) is 29.6 Å². The van der Waals surface area contributed by atoms with E-state index in [0.29, 0.717) is 0 Å². The van der Waals surface area contributed by atoms with Gasteiger partial charge in [0.1, 0.15) is 5.82 Å². The number of nitrogen functional groups attached to an aromatic ring is 1. The van der Waals surface area contributed by atoms with E-state index in [1.807, 2.05) is 0 Å². The highest BCUT2D eigenvalue weighted by Gasteiger charge is 2.30. The molecule has 3 N–H and O–H groups in total. The summed E-state index contributed by atoms with van der Waals surface area (Å²) in [7, 11) is 0. The molecule has 1 aromatic carbocycles. The first-order chi connectivity index (χ1) is 8.31. The number of benzene rings is 1. The molecule has 0 saturated heterocycles. The first-order valence-electron chi connectivity index (χ1n) is 5.25. The van der Waals surface area contributed by atoms with Gasteiger partial charge in [-0.1, -0.05) is 6.07 Å². The summed E-state index contributed by atoms with van der Waals surface area (Å²) in [6.45, 7) is -2.03. The van der Waals surface area contributed by atoms with Gasteiger partial charge < -0.3 is 10.8 Å². The zero-order chi connectivity index (χ0) is 13.8. The average molecular weight is 266 g/mol. The Morgan fingerprint density at radius 1 is 1.28 bits per heavy atom. The molecule has 7 heteroatoms. The van der Waals surface area contributed by atoms with Gasteiger partial charge in [-0.2, -0.15) is 13.2 Å². The second-order valence-corrected chi connectivity index (χ2v) is 3.90. The minimum absolute atomic E-state index is 0.113. The standard InChI is InChI=1S/C11H14F4N2O/c12-10-5-9(16)2-1-8(10)6-17(3-4-18)7-11(13,14)15/h1-2,5,18H,3-4,6-7,16H2. The van der Waals surface area contributed by atoms with Crippen LogP contribution in [0.25, 0.3) is 0 Å². The fourth-order valence-electron chi connectivity index (χ4n) is 1.54. The number of rotatable bonds is 5. The normalized spacial score (nSPS) is 12.1. The number of nitrogens with two attached hydrogens (primary N) is 1. The molecule has 18 heavy (non-hydrogen) atoms. The van der Waals surface area contributed by atoms with Crippen LogP contribution in [-0.4, -0.2) is 35.9 Å². The monoisotopic (exact) mass is 266 g/mol. The number of aliphatic hydroxyl groups is 1. The largest absolute Gasteiger partial charge is 0.401 e. The molecule has 0 unspecified atom stereocenters. The molecule has 0 radical (unpaired) electrons. The van der Waals surface area contributed by atoms with Crippen molar-refractivity contribution in [1.29, 1.82) is 0 Å². The van der Waals surface area contributed by atoms with Crippen LogP contribution in [0, 0.1) is 5.82 Å². The van der Waals surface area contributed by atoms with Gasteiger partial charge in [-0.25, -0.2) is 4.39 Å². The number of nitrogens with zero attached hydrogens (tertiary/aromatic N) is 1. The fourth-order valence-corrected chi connectivity index (χ4v) is 1.54. The van der Waals surface area contributed by atoms with E-state index < -0.39 is 25.1 Å². The van der Waals surface area contributed by atoms with Crippen LogP contribution in [0.5, 0.6) is 0 Å². The van der Waals surface area contributed by atoms with Crippen molar-refractivity contribution in [1.82, 2.24) is 4.90 Å². The molecule has 1 rings (SSSR count). The van der Waals surface area contributed by atoms with Crippen LogP contribution in [0.4, 0.5) is 23.2 Å². The van der Waals surface area contributed by atoms with Gasteiger partial charge in [-0.05, 0) is 12.1 Å². The first-order valence-corrected chi connectivity index (χ1v) is 5.25. The molecule has 0 bridgehead atoms. The second-order valence-electron chi connectivity index (χ2n) is 3.90. The maximum absolute atomic E-state index is 13.4. The second kappa shape index (κ2) is 6.01. The van der Waals surface area contributed by atoms with Crippen LogP contribution < -0.4 is 5.73 Å². The van der Waals surface area contributed by atoms with Crippen LogP contribution in [0.2, 0.25) is 0 Å². The Bertz CT molecular complexity index is 395. The number of aliphatic hydroxyl groups excluding tert-OH is 1. The summed E-state index contributed by atoms with van der Waals surface area (Å²) in [5.41, 5.74) is 5.67. The molecule has 0 heterocycles. The summed E-state index contributed by atoms with van der Waals surface area (Å²) in [6.07, 6.45) is -4.39. The lowest BCUT2D eigenvalue weighted by Gasteiger charge is -2.23. The SMILES string of the molecule is Nc1ccc(CN(CCO)CC(F)(F)F)c(F)c1. The average Bonchev–Trinajstić information content (AvgIpc) is 2.20. The van der Waals surface area contributed by atoms with Gasteiger partial charge in [0.2, 0.25) is 0 Å². The summed E-state index contributed by atoms with van der Waals surface area (Å²) >= 11 is 0. The summed E-state index contributed by atoms with van der Waals surface area (Å²) in [5.74, 6) is -0.653. The van der Waals surface area contributed by atoms with Crippen molar-refractivity contribution in [2.45, 2.75) is 12.7 Å². The van der Waals surface area contributed by atoms with Crippen LogP contribution in [0.15, 0.2) is 18.2 Å². The van der Waals surface area contributed by atoms with Gasteiger partial charge in [0.15, 0.2) is 0 Å². The Balaban J connectivity index is 2.76. The third-order valence-electron chi connectivity index (χ3n) is 2.29. The highest BCUT2D eigenvalue weighted by Crippen LogP contribution is 2.19. The van der Waals surface area contributed by atoms with Crippen molar-refractivity contribution >= 4 is 5.69 Å². The van der Waals surface area contributed by atoms with Crippen molar-refractivity contribution in [3.63, 3.8) is 0 Å². The zero-order valence-electron chi connectivity index (χ0n) is 9.54. The quantitative estimate of drug-likeness (QED) is 0.630. The Morgan fingerprint density at radius 2 is 1.94 bits per heavy atom. The lowest BCUT2D eigenvalue weighted by atomic mass is 10.2. The number of hydrogen-bond donors (Lipinski definition) is 2. The first kappa shape index (κ1) is 14.7. The van der Waals surface area contributed by atoms with E-state index in [2.05, 4.69) is 0 Å².